The predicted molar refractivity (Wildman–Crippen MR) is 59.0 cm³/mol. The summed E-state index contributed by atoms with van der Waals surface area (Å²) in [6.45, 7) is 14.7. The van der Waals surface area contributed by atoms with Gasteiger partial charge in [-0.15, -0.1) is 0 Å². The van der Waals surface area contributed by atoms with Gasteiger partial charge in [-0.05, 0) is 25.2 Å². The summed E-state index contributed by atoms with van der Waals surface area (Å²) < 4.78 is 5.16. The highest BCUT2D eigenvalue weighted by molar-refractivity contribution is 5.77. The van der Waals surface area contributed by atoms with E-state index in [1.807, 2.05) is 13.8 Å². The fourth-order valence-corrected chi connectivity index (χ4v) is 1.69. The quantitative estimate of drug-likeness (QED) is 0.654. The molecule has 0 bridgehead atoms. The molecule has 0 saturated carbocycles. The van der Waals surface area contributed by atoms with Gasteiger partial charge in [0.15, 0.2) is 0 Å². The molecular formula is C12H24O2. The molecule has 2 heteroatoms. The molecule has 0 rings (SSSR count). The number of carbonyl (C=O) groups excluding carboxylic acids is 1. The summed E-state index contributed by atoms with van der Waals surface area (Å²) in [5.74, 6) is 0.198. The Morgan fingerprint density at radius 1 is 1.21 bits per heavy atom. The third kappa shape index (κ3) is 2.28. The monoisotopic (exact) mass is 200 g/mol. The van der Waals surface area contributed by atoms with Gasteiger partial charge < -0.3 is 4.74 Å². The Hall–Kier alpha value is -0.530. The smallest absolute Gasteiger partial charge is 0.312 e. The average Bonchev–Trinajstić information content (AvgIpc) is 2.00. The van der Waals surface area contributed by atoms with Gasteiger partial charge in [-0.2, -0.15) is 0 Å². The van der Waals surface area contributed by atoms with Gasteiger partial charge in [-0.1, -0.05) is 34.6 Å². The van der Waals surface area contributed by atoms with Crippen LogP contribution in [0.15, 0.2) is 0 Å². The molecular weight excluding hydrogens is 176 g/mol. The van der Waals surface area contributed by atoms with Gasteiger partial charge in [0.05, 0.1) is 12.0 Å². The first-order chi connectivity index (χ1) is 6.17. The lowest BCUT2D eigenvalue weighted by molar-refractivity contribution is -0.165. The Labute approximate surface area is 88.0 Å². The SMILES string of the molecule is CCOC(=O)C(C)(C(C)C)C(C)(C)C. The molecule has 0 aromatic heterocycles. The predicted octanol–water partition coefficient (Wildman–Crippen LogP) is 3.26. The van der Waals surface area contributed by atoms with Crippen LogP contribution in [-0.4, -0.2) is 12.6 Å². The zero-order valence-electron chi connectivity index (χ0n) is 10.6. The summed E-state index contributed by atoms with van der Waals surface area (Å²) in [4.78, 5) is 11.9. The van der Waals surface area contributed by atoms with Crippen molar-refractivity contribution in [1.29, 1.82) is 0 Å². The molecule has 0 aromatic carbocycles. The maximum Gasteiger partial charge on any atom is 0.312 e. The van der Waals surface area contributed by atoms with Crippen LogP contribution in [0.2, 0.25) is 0 Å². The lowest BCUT2D eigenvalue weighted by Crippen LogP contribution is -2.45. The van der Waals surface area contributed by atoms with E-state index in [-0.39, 0.29) is 17.3 Å². The summed E-state index contributed by atoms with van der Waals surface area (Å²) in [6, 6.07) is 0. The van der Waals surface area contributed by atoms with E-state index >= 15 is 0 Å². The third-order valence-corrected chi connectivity index (χ3v) is 3.41. The molecule has 14 heavy (non-hydrogen) atoms. The zero-order valence-corrected chi connectivity index (χ0v) is 10.6. The van der Waals surface area contributed by atoms with E-state index in [0.29, 0.717) is 6.61 Å². The molecule has 0 spiro atoms. The molecule has 0 N–H and O–H groups in total. The topological polar surface area (TPSA) is 26.3 Å². The van der Waals surface area contributed by atoms with Crippen LogP contribution < -0.4 is 0 Å². The highest BCUT2D eigenvalue weighted by Gasteiger charge is 2.47. The third-order valence-electron chi connectivity index (χ3n) is 3.41. The summed E-state index contributed by atoms with van der Waals surface area (Å²) in [7, 11) is 0. The molecule has 1 atom stereocenters. The van der Waals surface area contributed by atoms with Crippen molar-refractivity contribution in [2.75, 3.05) is 6.61 Å². The molecule has 84 valence electrons. The standard InChI is InChI=1S/C12H24O2/c1-8-14-10(13)12(7,9(2)3)11(4,5)6/h9H,8H2,1-7H3. The molecule has 0 heterocycles. The average molecular weight is 200 g/mol. The van der Waals surface area contributed by atoms with Crippen LogP contribution in [-0.2, 0) is 9.53 Å². The van der Waals surface area contributed by atoms with Crippen molar-refractivity contribution in [3.8, 4) is 0 Å². The number of rotatable bonds is 3. The van der Waals surface area contributed by atoms with Crippen molar-refractivity contribution in [2.45, 2.75) is 48.5 Å². The van der Waals surface area contributed by atoms with Gasteiger partial charge in [0.2, 0.25) is 0 Å². The molecule has 2 nitrogen and oxygen atoms in total. The van der Waals surface area contributed by atoms with Crippen LogP contribution in [0.25, 0.3) is 0 Å². The van der Waals surface area contributed by atoms with Crippen molar-refractivity contribution in [3.63, 3.8) is 0 Å². The second-order valence-electron chi connectivity index (χ2n) is 5.33. The van der Waals surface area contributed by atoms with E-state index in [1.165, 1.54) is 0 Å². The van der Waals surface area contributed by atoms with E-state index in [9.17, 15) is 4.79 Å². The van der Waals surface area contributed by atoms with E-state index in [1.54, 1.807) is 0 Å². The first-order valence-corrected chi connectivity index (χ1v) is 5.35. The fourth-order valence-electron chi connectivity index (χ4n) is 1.69. The first-order valence-electron chi connectivity index (χ1n) is 5.35. The van der Waals surface area contributed by atoms with E-state index < -0.39 is 5.41 Å². The van der Waals surface area contributed by atoms with Crippen LogP contribution in [0.4, 0.5) is 0 Å². The lowest BCUT2D eigenvalue weighted by atomic mass is 9.62. The minimum absolute atomic E-state index is 0.0760. The van der Waals surface area contributed by atoms with Gasteiger partial charge in [-0.25, -0.2) is 0 Å². The van der Waals surface area contributed by atoms with Crippen molar-refractivity contribution in [1.82, 2.24) is 0 Å². The van der Waals surface area contributed by atoms with Gasteiger partial charge in [-0.3, -0.25) is 4.79 Å². The Balaban J connectivity index is 5.01. The van der Waals surface area contributed by atoms with E-state index in [2.05, 4.69) is 34.6 Å². The summed E-state index contributed by atoms with van der Waals surface area (Å²) in [6.07, 6.45) is 0. The molecule has 0 fully saturated rings. The van der Waals surface area contributed by atoms with Crippen LogP contribution in [0.1, 0.15) is 48.5 Å². The maximum atomic E-state index is 11.9. The molecule has 1 unspecified atom stereocenters. The Morgan fingerprint density at radius 3 is 1.86 bits per heavy atom. The number of esters is 1. The first kappa shape index (κ1) is 13.5. The summed E-state index contributed by atoms with van der Waals surface area (Å²) in [5.41, 5.74) is -0.490. The molecule has 0 aliphatic carbocycles. The van der Waals surface area contributed by atoms with Crippen molar-refractivity contribution < 1.29 is 9.53 Å². The Morgan fingerprint density at radius 2 is 1.64 bits per heavy atom. The molecule has 0 aliphatic rings. The number of hydrogen-bond donors (Lipinski definition) is 0. The molecule has 0 aliphatic heterocycles. The van der Waals surface area contributed by atoms with Crippen LogP contribution >= 0.6 is 0 Å². The van der Waals surface area contributed by atoms with Crippen LogP contribution in [0.5, 0.6) is 0 Å². The maximum absolute atomic E-state index is 11.9. The van der Waals surface area contributed by atoms with Crippen molar-refractivity contribution in [3.05, 3.63) is 0 Å². The Kier molecular flexibility index (Phi) is 4.16. The number of carbonyl (C=O) groups is 1. The van der Waals surface area contributed by atoms with Crippen molar-refractivity contribution in [2.24, 2.45) is 16.7 Å². The molecule has 0 amide bonds. The van der Waals surface area contributed by atoms with Gasteiger partial charge in [0, 0.05) is 0 Å². The Bertz CT molecular complexity index is 201. The second kappa shape index (κ2) is 4.33. The lowest BCUT2D eigenvalue weighted by Gasteiger charge is -2.42. The largest absolute Gasteiger partial charge is 0.466 e. The highest BCUT2D eigenvalue weighted by Crippen LogP contribution is 2.45. The van der Waals surface area contributed by atoms with Crippen LogP contribution in [0, 0.1) is 16.7 Å². The van der Waals surface area contributed by atoms with Gasteiger partial charge in [0.1, 0.15) is 0 Å². The highest BCUT2D eigenvalue weighted by atomic mass is 16.5. The second-order valence-corrected chi connectivity index (χ2v) is 5.33. The number of hydrogen-bond acceptors (Lipinski definition) is 2. The number of ether oxygens (including phenoxy) is 1. The summed E-state index contributed by atoms with van der Waals surface area (Å²) in [5, 5.41) is 0. The van der Waals surface area contributed by atoms with Gasteiger partial charge >= 0.3 is 5.97 Å². The molecule has 0 saturated heterocycles. The van der Waals surface area contributed by atoms with E-state index in [4.69, 9.17) is 4.74 Å². The fraction of sp³-hybridized carbons (Fsp3) is 0.917. The minimum atomic E-state index is -0.414. The molecule has 0 aromatic rings. The molecule has 0 radical (unpaired) electrons. The summed E-state index contributed by atoms with van der Waals surface area (Å²) >= 11 is 0. The van der Waals surface area contributed by atoms with Gasteiger partial charge in [0.25, 0.3) is 0 Å². The van der Waals surface area contributed by atoms with E-state index in [0.717, 1.165) is 0 Å². The normalized spacial score (nSPS) is 16.6. The van der Waals surface area contributed by atoms with Crippen molar-refractivity contribution >= 4 is 5.97 Å². The zero-order chi connectivity index (χ0) is 11.6. The van der Waals surface area contributed by atoms with Crippen LogP contribution in [0.3, 0.4) is 0 Å². The minimum Gasteiger partial charge on any atom is -0.466 e.